The first-order valence-corrected chi connectivity index (χ1v) is 8.94. The lowest BCUT2D eigenvalue weighted by atomic mass is 9.91. The largest absolute Gasteiger partial charge is 0.394 e. The smallest absolute Gasteiger partial charge is 0.0613 e. The molecule has 0 aromatic heterocycles. The molecule has 1 saturated carbocycles. The average molecular weight is 293 g/mol. The third kappa shape index (κ3) is 5.12. The van der Waals surface area contributed by atoms with Crippen LogP contribution in [0.1, 0.15) is 44.6 Å². The molecule has 2 nitrogen and oxygen atoms in total. The molecule has 0 bridgehead atoms. The zero-order chi connectivity index (χ0) is 14.3. The standard InChI is InChI=1S/C17H27NOS/c1-2-17(14-19,18-16-9-10-16)11-6-12-20-13-15-7-4-3-5-8-15/h3-5,7-8,16,18-19H,2,6,9-14H2,1H3. The van der Waals surface area contributed by atoms with E-state index in [1.165, 1.54) is 30.6 Å². The number of thioether (sulfide) groups is 1. The summed E-state index contributed by atoms with van der Waals surface area (Å²) in [6, 6.07) is 11.3. The number of hydrogen-bond donors (Lipinski definition) is 2. The number of nitrogens with one attached hydrogen (secondary N) is 1. The molecule has 2 rings (SSSR count). The number of aliphatic hydroxyl groups excluding tert-OH is 1. The predicted octanol–water partition coefficient (Wildman–Crippen LogP) is 3.59. The molecule has 3 heteroatoms. The number of benzene rings is 1. The van der Waals surface area contributed by atoms with Gasteiger partial charge in [0.25, 0.3) is 0 Å². The number of aliphatic hydroxyl groups is 1. The van der Waals surface area contributed by atoms with Gasteiger partial charge in [0.2, 0.25) is 0 Å². The first-order chi connectivity index (χ1) is 9.78. The minimum atomic E-state index is -0.0333. The van der Waals surface area contributed by atoms with Gasteiger partial charge in [0.05, 0.1) is 6.61 Å². The first kappa shape index (κ1) is 15.9. The molecule has 20 heavy (non-hydrogen) atoms. The minimum absolute atomic E-state index is 0.0333. The molecule has 0 heterocycles. The molecule has 0 radical (unpaired) electrons. The SMILES string of the molecule is CCC(CO)(CCCSCc1ccccc1)NC1CC1. The topological polar surface area (TPSA) is 32.3 Å². The molecule has 0 saturated heterocycles. The van der Waals surface area contributed by atoms with E-state index >= 15 is 0 Å². The molecule has 0 aliphatic heterocycles. The van der Waals surface area contributed by atoms with E-state index in [0.29, 0.717) is 6.04 Å². The van der Waals surface area contributed by atoms with Crippen molar-refractivity contribution in [3.63, 3.8) is 0 Å². The van der Waals surface area contributed by atoms with Crippen LogP contribution < -0.4 is 5.32 Å². The Hall–Kier alpha value is -0.510. The molecule has 2 N–H and O–H groups in total. The van der Waals surface area contributed by atoms with Gasteiger partial charge in [-0.2, -0.15) is 11.8 Å². The van der Waals surface area contributed by atoms with Gasteiger partial charge in [-0.05, 0) is 43.4 Å². The van der Waals surface area contributed by atoms with Gasteiger partial charge in [0.15, 0.2) is 0 Å². The summed E-state index contributed by atoms with van der Waals surface area (Å²) in [6.45, 7) is 2.45. The highest BCUT2D eigenvalue weighted by Gasteiger charge is 2.33. The Bertz CT molecular complexity index is 374. The van der Waals surface area contributed by atoms with Crippen LogP contribution in [0.15, 0.2) is 30.3 Å². The van der Waals surface area contributed by atoms with Crippen LogP contribution in [0.5, 0.6) is 0 Å². The van der Waals surface area contributed by atoms with Gasteiger partial charge < -0.3 is 10.4 Å². The molecule has 1 aliphatic carbocycles. The molecule has 1 aliphatic rings. The van der Waals surface area contributed by atoms with Crippen molar-refractivity contribution >= 4 is 11.8 Å². The monoisotopic (exact) mass is 293 g/mol. The maximum absolute atomic E-state index is 9.72. The molecule has 0 spiro atoms. The quantitative estimate of drug-likeness (QED) is 0.647. The predicted molar refractivity (Wildman–Crippen MR) is 88.1 cm³/mol. The zero-order valence-electron chi connectivity index (χ0n) is 12.5. The van der Waals surface area contributed by atoms with Crippen molar-refractivity contribution in [2.45, 2.75) is 56.4 Å². The van der Waals surface area contributed by atoms with E-state index in [4.69, 9.17) is 0 Å². The Balaban J connectivity index is 1.65. The average Bonchev–Trinajstić information content (AvgIpc) is 3.31. The van der Waals surface area contributed by atoms with Crippen molar-refractivity contribution in [2.24, 2.45) is 0 Å². The molecule has 1 aromatic rings. The van der Waals surface area contributed by atoms with E-state index in [2.05, 4.69) is 42.6 Å². The zero-order valence-corrected chi connectivity index (χ0v) is 13.3. The highest BCUT2D eigenvalue weighted by Crippen LogP contribution is 2.27. The van der Waals surface area contributed by atoms with Crippen LogP contribution in [0, 0.1) is 0 Å². The normalized spacial score (nSPS) is 17.9. The van der Waals surface area contributed by atoms with Crippen LogP contribution in [-0.4, -0.2) is 29.0 Å². The van der Waals surface area contributed by atoms with Crippen LogP contribution in [0.4, 0.5) is 0 Å². The van der Waals surface area contributed by atoms with Gasteiger partial charge in [-0.3, -0.25) is 0 Å². The molecule has 1 unspecified atom stereocenters. The maximum Gasteiger partial charge on any atom is 0.0613 e. The van der Waals surface area contributed by atoms with Gasteiger partial charge in [-0.1, -0.05) is 37.3 Å². The maximum atomic E-state index is 9.72. The molecular formula is C17H27NOS. The summed E-state index contributed by atoms with van der Waals surface area (Å²) in [7, 11) is 0. The third-order valence-electron chi connectivity index (χ3n) is 4.12. The Kier molecular flexibility index (Phi) is 6.40. The summed E-state index contributed by atoms with van der Waals surface area (Å²) in [5, 5.41) is 13.4. The second-order valence-electron chi connectivity index (χ2n) is 5.85. The van der Waals surface area contributed by atoms with Gasteiger partial charge in [0.1, 0.15) is 0 Å². The van der Waals surface area contributed by atoms with E-state index in [1.54, 1.807) is 0 Å². The van der Waals surface area contributed by atoms with Gasteiger partial charge in [0, 0.05) is 17.3 Å². The van der Waals surface area contributed by atoms with Crippen molar-refractivity contribution in [3.05, 3.63) is 35.9 Å². The van der Waals surface area contributed by atoms with Crippen molar-refractivity contribution in [2.75, 3.05) is 12.4 Å². The van der Waals surface area contributed by atoms with Crippen LogP contribution in [-0.2, 0) is 5.75 Å². The second kappa shape index (κ2) is 8.06. The van der Waals surface area contributed by atoms with Crippen LogP contribution in [0.25, 0.3) is 0 Å². The van der Waals surface area contributed by atoms with E-state index in [1.807, 2.05) is 11.8 Å². The Morgan fingerprint density at radius 1 is 1.30 bits per heavy atom. The van der Waals surface area contributed by atoms with Gasteiger partial charge in [-0.15, -0.1) is 0 Å². The minimum Gasteiger partial charge on any atom is -0.394 e. The lowest BCUT2D eigenvalue weighted by molar-refractivity contribution is 0.144. The molecule has 0 amide bonds. The van der Waals surface area contributed by atoms with Crippen molar-refractivity contribution < 1.29 is 5.11 Å². The van der Waals surface area contributed by atoms with Crippen LogP contribution >= 0.6 is 11.8 Å². The number of rotatable bonds is 10. The lowest BCUT2D eigenvalue weighted by Crippen LogP contribution is -2.49. The summed E-state index contributed by atoms with van der Waals surface area (Å²) >= 11 is 1.99. The Morgan fingerprint density at radius 2 is 2.05 bits per heavy atom. The molecular weight excluding hydrogens is 266 g/mol. The fraction of sp³-hybridized carbons (Fsp3) is 0.647. The molecule has 112 valence electrons. The summed E-state index contributed by atoms with van der Waals surface area (Å²) < 4.78 is 0. The van der Waals surface area contributed by atoms with Gasteiger partial charge >= 0.3 is 0 Å². The van der Waals surface area contributed by atoms with E-state index in [0.717, 1.165) is 18.6 Å². The summed E-state index contributed by atoms with van der Waals surface area (Å²) in [5.41, 5.74) is 1.37. The van der Waals surface area contributed by atoms with E-state index < -0.39 is 0 Å². The third-order valence-corrected chi connectivity index (χ3v) is 5.24. The lowest BCUT2D eigenvalue weighted by Gasteiger charge is -2.32. The molecule has 1 atom stereocenters. The highest BCUT2D eigenvalue weighted by molar-refractivity contribution is 7.98. The van der Waals surface area contributed by atoms with E-state index in [-0.39, 0.29) is 12.1 Å². The second-order valence-corrected chi connectivity index (χ2v) is 6.96. The summed E-state index contributed by atoms with van der Waals surface area (Å²) in [6.07, 6.45) is 5.84. The Labute approximate surface area is 127 Å². The summed E-state index contributed by atoms with van der Waals surface area (Å²) in [4.78, 5) is 0. The fourth-order valence-electron chi connectivity index (χ4n) is 2.53. The summed E-state index contributed by atoms with van der Waals surface area (Å²) in [5.74, 6) is 2.26. The van der Waals surface area contributed by atoms with Crippen LogP contribution in [0.2, 0.25) is 0 Å². The molecule has 1 aromatic carbocycles. The Morgan fingerprint density at radius 3 is 2.65 bits per heavy atom. The number of hydrogen-bond acceptors (Lipinski definition) is 3. The fourth-order valence-corrected chi connectivity index (χ4v) is 3.45. The molecule has 1 fully saturated rings. The van der Waals surface area contributed by atoms with Crippen molar-refractivity contribution in [3.8, 4) is 0 Å². The first-order valence-electron chi connectivity index (χ1n) is 7.78. The highest BCUT2D eigenvalue weighted by atomic mass is 32.2. The van der Waals surface area contributed by atoms with Crippen LogP contribution in [0.3, 0.4) is 0 Å². The van der Waals surface area contributed by atoms with E-state index in [9.17, 15) is 5.11 Å². The van der Waals surface area contributed by atoms with Crippen molar-refractivity contribution in [1.82, 2.24) is 5.32 Å². The van der Waals surface area contributed by atoms with Gasteiger partial charge in [-0.25, -0.2) is 0 Å². The van der Waals surface area contributed by atoms with Crippen molar-refractivity contribution in [1.29, 1.82) is 0 Å².